The summed E-state index contributed by atoms with van der Waals surface area (Å²) in [5.74, 6) is 0.139. The molecule has 0 fully saturated rings. The zero-order valence-corrected chi connectivity index (χ0v) is 12.7. The zero-order valence-electron chi connectivity index (χ0n) is 12.7. The third kappa shape index (κ3) is 3.23. The first-order valence-corrected chi connectivity index (χ1v) is 7.32. The number of hydrogen-bond donors (Lipinski definition) is 2. The smallest absolute Gasteiger partial charge is 0.256 e. The van der Waals surface area contributed by atoms with Crippen LogP contribution in [-0.4, -0.2) is 19.6 Å². The van der Waals surface area contributed by atoms with E-state index in [1.165, 1.54) is 0 Å². The van der Waals surface area contributed by atoms with Gasteiger partial charge in [-0.05, 0) is 42.8 Å². The van der Waals surface area contributed by atoms with Gasteiger partial charge in [-0.1, -0.05) is 18.2 Å². The Bertz CT molecular complexity index is 906. The molecule has 0 radical (unpaired) electrons. The largest absolute Gasteiger partial charge is 0.508 e. The van der Waals surface area contributed by atoms with Crippen LogP contribution < -0.4 is 5.56 Å². The normalized spacial score (nSPS) is 11.2. The van der Waals surface area contributed by atoms with Crippen molar-refractivity contribution < 1.29 is 5.11 Å². The minimum Gasteiger partial charge on any atom is -0.508 e. The first kappa shape index (κ1) is 14.8. The molecule has 3 rings (SSSR count). The predicted octanol–water partition coefficient (Wildman–Crippen LogP) is 3.03. The van der Waals surface area contributed by atoms with E-state index >= 15 is 0 Å². The number of nitrogens with one attached hydrogen (secondary N) is 1. The molecule has 2 heterocycles. The third-order valence-electron chi connectivity index (χ3n) is 3.55. The summed E-state index contributed by atoms with van der Waals surface area (Å²) in [5, 5.41) is 9.54. The second kappa shape index (κ2) is 6.36. The highest BCUT2D eigenvalue weighted by atomic mass is 16.3. The highest BCUT2D eigenvalue weighted by molar-refractivity contribution is 5.64. The fraction of sp³-hybridized carbons (Fsp3) is 0.111. The molecule has 0 unspecified atom stereocenters. The number of hydrogen-bond acceptors (Lipinski definition) is 3. The molecule has 3 aromatic rings. The quantitative estimate of drug-likeness (QED) is 0.778. The maximum absolute atomic E-state index is 12.3. The molecule has 0 spiro atoms. The minimum atomic E-state index is -0.180. The van der Waals surface area contributed by atoms with Crippen LogP contribution >= 0.6 is 0 Å². The summed E-state index contributed by atoms with van der Waals surface area (Å²) in [6, 6.07) is 10.3. The molecular formula is C18H17N3O2. The topological polar surface area (TPSA) is 70.9 Å². The standard InChI is InChI=1S/C18H17N3O2/c1-2-4-15-10-19-12-21(15)11-14-7-8-17(18(23)20-14)13-5-3-6-16(22)9-13/h2-10,12,22H,11H2,1H3,(H,20,23)/b4-2+. The van der Waals surface area contributed by atoms with E-state index in [9.17, 15) is 9.90 Å². The Morgan fingerprint density at radius 3 is 2.91 bits per heavy atom. The van der Waals surface area contributed by atoms with Gasteiger partial charge in [0.05, 0.1) is 24.8 Å². The highest BCUT2D eigenvalue weighted by Gasteiger charge is 2.06. The second-order valence-electron chi connectivity index (χ2n) is 5.22. The predicted molar refractivity (Wildman–Crippen MR) is 90.2 cm³/mol. The molecule has 5 nitrogen and oxygen atoms in total. The van der Waals surface area contributed by atoms with Crippen molar-refractivity contribution in [1.29, 1.82) is 0 Å². The van der Waals surface area contributed by atoms with E-state index in [0.717, 1.165) is 11.4 Å². The Hall–Kier alpha value is -3.08. The van der Waals surface area contributed by atoms with Gasteiger partial charge in [0, 0.05) is 11.3 Å². The molecule has 0 bridgehead atoms. The fourth-order valence-corrected chi connectivity index (χ4v) is 2.46. The lowest BCUT2D eigenvalue weighted by molar-refractivity contribution is 0.475. The first-order valence-electron chi connectivity index (χ1n) is 7.32. The molecule has 2 aromatic heterocycles. The van der Waals surface area contributed by atoms with Gasteiger partial charge < -0.3 is 14.7 Å². The summed E-state index contributed by atoms with van der Waals surface area (Å²) in [6.07, 6.45) is 7.42. The third-order valence-corrected chi connectivity index (χ3v) is 3.55. The van der Waals surface area contributed by atoms with E-state index in [2.05, 4.69) is 9.97 Å². The van der Waals surface area contributed by atoms with Gasteiger partial charge in [-0.25, -0.2) is 4.98 Å². The number of aromatic amines is 1. The molecule has 116 valence electrons. The Labute approximate surface area is 133 Å². The molecule has 23 heavy (non-hydrogen) atoms. The van der Waals surface area contributed by atoms with E-state index in [0.29, 0.717) is 17.7 Å². The van der Waals surface area contributed by atoms with Crippen molar-refractivity contribution in [2.45, 2.75) is 13.5 Å². The van der Waals surface area contributed by atoms with Gasteiger partial charge in [0.15, 0.2) is 0 Å². The van der Waals surface area contributed by atoms with E-state index < -0.39 is 0 Å². The number of allylic oxidation sites excluding steroid dienone is 1. The van der Waals surface area contributed by atoms with Gasteiger partial charge in [-0.15, -0.1) is 0 Å². The summed E-state index contributed by atoms with van der Waals surface area (Å²) in [4.78, 5) is 19.3. The van der Waals surface area contributed by atoms with E-state index in [-0.39, 0.29) is 11.3 Å². The average Bonchev–Trinajstić information content (AvgIpc) is 2.95. The minimum absolute atomic E-state index is 0.139. The van der Waals surface area contributed by atoms with Crippen molar-refractivity contribution >= 4 is 6.08 Å². The number of benzene rings is 1. The summed E-state index contributed by atoms with van der Waals surface area (Å²) >= 11 is 0. The lowest BCUT2D eigenvalue weighted by atomic mass is 10.1. The van der Waals surface area contributed by atoms with Crippen molar-refractivity contribution in [2.75, 3.05) is 0 Å². The van der Waals surface area contributed by atoms with E-state index in [1.54, 1.807) is 42.9 Å². The molecule has 2 N–H and O–H groups in total. The van der Waals surface area contributed by atoms with Gasteiger partial charge >= 0.3 is 0 Å². The Kier molecular flexibility index (Phi) is 4.10. The Morgan fingerprint density at radius 2 is 2.17 bits per heavy atom. The highest BCUT2D eigenvalue weighted by Crippen LogP contribution is 2.20. The summed E-state index contributed by atoms with van der Waals surface area (Å²) in [6.45, 7) is 2.48. The van der Waals surface area contributed by atoms with Crippen LogP contribution in [0.3, 0.4) is 0 Å². The number of rotatable bonds is 4. The van der Waals surface area contributed by atoms with Crippen molar-refractivity contribution in [2.24, 2.45) is 0 Å². The number of phenolic OH excluding ortho intramolecular Hbond substituents is 1. The van der Waals surface area contributed by atoms with Crippen LogP contribution in [0.4, 0.5) is 0 Å². The Morgan fingerprint density at radius 1 is 1.30 bits per heavy atom. The lowest BCUT2D eigenvalue weighted by Gasteiger charge is -2.07. The van der Waals surface area contributed by atoms with Crippen LogP contribution in [0.5, 0.6) is 5.75 Å². The molecular weight excluding hydrogens is 290 g/mol. The van der Waals surface area contributed by atoms with Crippen LogP contribution in [-0.2, 0) is 6.54 Å². The maximum atomic E-state index is 12.3. The fourth-order valence-electron chi connectivity index (χ4n) is 2.46. The average molecular weight is 307 g/mol. The number of imidazole rings is 1. The van der Waals surface area contributed by atoms with Gasteiger partial charge in [0.1, 0.15) is 5.75 Å². The monoisotopic (exact) mass is 307 g/mol. The molecule has 0 saturated heterocycles. The van der Waals surface area contributed by atoms with Crippen molar-refractivity contribution in [1.82, 2.24) is 14.5 Å². The maximum Gasteiger partial charge on any atom is 0.256 e. The number of aromatic nitrogens is 3. The van der Waals surface area contributed by atoms with Crippen LogP contribution in [0.2, 0.25) is 0 Å². The van der Waals surface area contributed by atoms with Crippen molar-refractivity contribution in [3.63, 3.8) is 0 Å². The molecule has 0 amide bonds. The first-order chi connectivity index (χ1) is 11.2. The van der Waals surface area contributed by atoms with Crippen LogP contribution in [0.1, 0.15) is 18.3 Å². The van der Waals surface area contributed by atoms with Crippen molar-refractivity contribution in [3.05, 3.63) is 76.7 Å². The van der Waals surface area contributed by atoms with Gasteiger partial charge in [-0.2, -0.15) is 0 Å². The van der Waals surface area contributed by atoms with E-state index in [1.807, 2.05) is 29.7 Å². The van der Waals surface area contributed by atoms with Crippen LogP contribution in [0, 0.1) is 0 Å². The number of pyridine rings is 1. The summed E-state index contributed by atoms with van der Waals surface area (Å²) < 4.78 is 1.96. The Balaban J connectivity index is 1.90. The molecule has 0 aliphatic heterocycles. The number of aromatic hydroxyl groups is 1. The molecule has 0 aliphatic rings. The van der Waals surface area contributed by atoms with Crippen LogP contribution in [0.15, 0.2) is 59.8 Å². The van der Waals surface area contributed by atoms with E-state index in [4.69, 9.17) is 0 Å². The van der Waals surface area contributed by atoms with Gasteiger partial charge in [-0.3, -0.25) is 4.79 Å². The van der Waals surface area contributed by atoms with Gasteiger partial charge in [0.2, 0.25) is 0 Å². The number of nitrogens with zero attached hydrogens (tertiary/aromatic N) is 2. The van der Waals surface area contributed by atoms with Crippen molar-refractivity contribution in [3.8, 4) is 16.9 Å². The molecule has 5 heteroatoms. The SMILES string of the molecule is C/C=C/c1cncn1Cc1ccc(-c2cccc(O)c2)c(=O)[nH]1. The lowest BCUT2D eigenvalue weighted by Crippen LogP contribution is -2.13. The number of H-pyrrole nitrogens is 1. The molecule has 0 atom stereocenters. The zero-order chi connectivity index (χ0) is 16.2. The second-order valence-corrected chi connectivity index (χ2v) is 5.22. The molecule has 1 aromatic carbocycles. The molecule has 0 saturated carbocycles. The van der Waals surface area contributed by atoms with Gasteiger partial charge in [0.25, 0.3) is 5.56 Å². The molecule has 0 aliphatic carbocycles. The van der Waals surface area contributed by atoms with Crippen LogP contribution in [0.25, 0.3) is 17.2 Å². The number of phenols is 1. The summed E-state index contributed by atoms with van der Waals surface area (Å²) in [7, 11) is 0. The summed E-state index contributed by atoms with van der Waals surface area (Å²) in [5.41, 5.74) is 2.81.